The zero-order chi connectivity index (χ0) is 20.7. The molecule has 1 N–H and O–H groups in total. The largest absolute Gasteiger partial charge is 0.356 e. The minimum Gasteiger partial charge on any atom is -0.356 e. The van der Waals surface area contributed by atoms with Crippen molar-refractivity contribution < 1.29 is 4.79 Å². The van der Waals surface area contributed by atoms with Crippen molar-refractivity contribution in [3.63, 3.8) is 0 Å². The molecule has 7 heteroatoms. The van der Waals surface area contributed by atoms with Gasteiger partial charge in [0.1, 0.15) is 16.5 Å². The van der Waals surface area contributed by atoms with Gasteiger partial charge in [0.2, 0.25) is 0 Å². The standard InChI is InChI=1S/C22H25BrN4OS/c1-12-7-9-27(10-8-12)20-18-14(3)19(29-22(18)25-15(4)24-20)21(28)26-17-6-5-16(23)11-13(17)2/h5-6,11-12H,7-10H2,1-4H3,(H,26,28). The minimum atomic E-state index is -0.0909. The highest BCUT2D eigenvalue weighted by Gasteiger charge is 2.25. The Bertz CT molecular complexity index is 1090. The highest BCUT2D eigenvalue weighted by Crippen LogP contribution is 2.37. The van der Waals surface area contributed by atoms with Gasteiger partial charge in [-0.3, -0.25) is 4.79 Å². The van der Waals surface area contributed by atoms with Crippen molar-refractivity contribution in [2.24, 2.45) is 5.92 Å². The molecule has 0 saturated carbocycles. The number of carbonyl (C=O) groups is 1. The summed E-state index contributed by atoms with van der Waals surface area (Å²) in [6, 6.07) is 5.85. The monoisotopic (exact) mass is 472 g/mol. The summed E-state index contributed by atoms with van der Waals surface area (Å²) in [5.41, 5.74) is 2.80. The van der Waals surface area contributed by atoms with Crippen LogP contribution in [0.25, 0.3) is 10.2 Å². The van der Waals surface area contributed by atoms with E-state index in [-0.39, 0.29) is 5.91 Å². The van der Waals surface area contributed by atoms with Crippen molar-refractivity contribution in [1.29, 1.82) is 0 Å². The Morgan fingerprint density at radius 1 is 1.21 bits per heavy atom. The van der Waals surface area contributed by atoms with E-state index in [9.17, 15) is 4.79 Å². The van der Waals surface area contributed by atoms with E-state index in [1.54, 1.807) is 0 Å². The molecule has 1 fully saturated rings. The molecule has 1 aliphatic rings. The average Bonchev–Trinajstić information content (AvgIpc) is 3.00. The van der Waals surface area contributed by atoms with Crippen LogP contribution in [0.4, 0.5) is 11.5 Å². The van der Waals surface area contributed by atoms with E-state index in [4.69, 9.17) is 4.98 Å². The molecule has 3 aromatic rings. The van der Waals surface area contributed by atoms with Gasteiger partial charge < -0.3 is 10.2 Å². The highest BCUT2D eigenvalue weighted by molar-refractivity contribution is 9.10. The first-order valence-corrected chi connectivity index (χ1v) is 11.5. The molecule has 0 radical (unpaired) electrons. The maximum absolute atomic E-state index is 13.1. The van der Waals surface area contributed by atoms with Crippen LogP contribution in [-0.4, -0.2) is 29.0 Å². The number of amides is 1. The number of benzene rings is 1. The van der Waals surface area contributed by atoms with Crippen LogP contribution in [0.1, 0.15) is 46.4 Å². The number of nitrogens with one attached hydrogen (secondary N) is 1. The zero-order valence-corrected chi connectivity index (χ0v) is 19.6. The number of halogens is 1. The lowest BCUT2D eigenvalue weighted by Gasteiger charge is -2.31. The fraction of sp³-hybridized carbons (Fsp3) is 0.409. The van der Waals surface area contributed by atoms with Crippen LogP contribution in [-0.2, 0) is 0 Å². The van der Waals surface area contributed by atoms with Gasteiger partial charge in [0.15, 0.2) is 0 Å². The van der Waals surface area contributed by atoms with E-state index in [0.717, 1.165) is 62.2 Å². The van der Waals surface area contributed by atoms with Gasteiger partial charge in [-0.2, -0.15) is 0 Å². The maximum Gasteiger partial charge on any atom is 0.266 e. The number of hydrogen-bond acceptors (Lipinski definition) is 5. The molecule has 1 saturated heterocycles. The van der Waals surface area contributed by atoms with E-state index >= 15 is 0 Å². The summed E-state index contributed by atoms with van der Waals surface area (Å²) < 4.78 is 0.997. The molecule has 152 valence electrons. The van der Waals surface area contributed by atoms with Crippen molar-refractivity contribution >= 4 is 54.9 Å². The number of aromatic nitrogens is 2. The van der Waals surface area contributed by atoms with E-state index in [1.165, 1.54) is 24.2 Å². The van der Waals surface area contributed by atoms with E-state index in [1.807, 2.05) is 39.0 Å². The van der Waals surface area contributed by atoms with Crippen LogP contribution in [0.2, 0.25) is 0 Å². The van der Waals surface area contributed by atoms with Gasteiger partial charge in [0.25, 0.3) is 5.91 Å². The molecule has 3 heterocycles. The number of rotatable bonds is 3. The van der Waals surface area contributed by atoms with Crippen LogP contribution >= 0.6 is 27.3 Å². The molecule has 1 aromatic carbocycles. The molecule has 0 unspecified atom stereocenters. The first-order chi connectivity index (χ1) is 13.8. The van der Waals surface area contributed by atoms with Gasteiger partial charge in [-0.05, 0) is 68.9 Å². The molecule has 1 amide bonds. The number of fused-ring (bicyclic) bond motifs is 1. The molecular weight excluding hydrogens is 448 g/mol. The summed E-state index contributed by atoms with van der Waals surface area (Å²) in [4.78, 5) is 26.5. The highest BCUT2D eigenvalue weighted by atomic mass is 79.9. The van der Waals surface area contributed by atoms with Crippen LogP contribution in [0.15, 0.2) is 22.7 Å². The van der Waals surface area contributed by atoms with Gasteiger partial charge in [-0.15, -0.1) is 11.3 Å². The van der Waals surface area contributed by atoms with Gasteiger partial charge in [-0.25, -0.2) is 9.97 Å². The number of aryl methyl sites for hydroxylation is 3. The Morgan fingerprint density at radius 2 is 1.93 bits per heavy atom. The predicted molar refractivity (Wildman–Crippen MR) is 124 cm³/mol. The first-order valence-electron chi connectivity index (χ1n) is 9.93. The van der Waals surface area contributed by atoms with Crippen molar-refractivity contribution in [3.8, 4) is 0 Å². The fourth-order valence-electron chi connectivity index (χ4n) is 3.83. The summed E-state index contributed by atoms with van der Waals surface area (Å²) >= 11 is 4.92. The lowest BCUT2D eigenvalue weighted by molar-refractivity contribution is 0.103. The number of piperidine rings is 1. The Balaban J connectivity index is 1.71. The zero-order valence-electron chi connectivity index (χ0n) is 17.2. The number of anilines is 2. The van der Waals surface area contributed by atoms with Gasteiger partial charge >= 0.3 is 0 Å². The third-order valence-electron chi connectivity index (χ3n) is 5.61. The summed E-state index contributed by atoms with van der Waals surface area (Å²) in [5, 5.41) is 4.08. The summed E-state index contributed by atoms with van der Waals surface area (Å²) in [6.07, 6.45) is 2.34. The SMILES string of the molecule is Cc1nc(N2CCC(C)CC2)c2c(C)c(C(=O)Nc3ccc(Br)cc3C)sc2n1. The molecule has 0 aliphatic carbocycles. The Morgan fingerprint density at radius 3 is 2.62 bits per heavy atom. The smallest absolute Gasteiger partial charge is 0.266 e. The van der Waals surface area contributed by atoms with E-state index in [2.05, 4.69) is 38.1 Å². The average molecular weight is 473 g/mol. The van der Waals surface area contributed by atoms with Crippen LogP contribution in [0.5, 0.6) is 0 Å². The van der Waals surface area contributed by atoms with Crippen LogP contribution in [0.3, 0.4) is 0 Å². The number of nitrogens with zero attached hydrogens (tertiary/aromatic N) is 3. The molecule has 0 atom stereocenters. The molecular formula is C22H25BrN4OS. The van der Waals surface area contributed by atoms with E-state index in [0.29, 0.717) is 4.88 Å². The van der Waals surface area contributed by atoms with Gasteiger partial charge in [0, 0.05) is 23.2 Å². The van der Waals surface area contributed by atoms with Crippen molar-refractivity contribution in [2.45, 2.75) is 40.5 Å². The first kappa shape index (κ1) is 20.3. The maximum atomic E-state index is 13.1. The molecule has 1 aliphatic heterocycles. The third kappa shape index (κ3) is 4.03. The van der Waals surface area contributed by atoms with E-state index < -0.39 is 0 Å². The summed E-state index contributed by atoms with van der Waals surface area (Å²) in [6.45, 7) is 10.2. The topological polar surface area (TPSA) is 58.1 Å². The fourth-order valence-corrected chi connectivity index (χ4v) is 5.43. The van der Waals surface area contributed by atoms with Crippen molar-refractivity contribution in [3.05, 3.63) is 44.5 Å². The molecule has 2 aromatic heterocycles. The molecule has 0 bridgehead atoms. The van der Waals surface area contributed by atoms with Crippen LogP contribution < -0.4 is 10.2 Å². The Hall–Kier alpha value is -1.99. The third-order valence-corrected chi connectivity index (χ3v) is 7.29. The number of hydrogen-bond donors (Lipinski definition) is 1. The molecule has 5 nitrogen and oxygen atoms in total. The van der Waals surface area contributed by atoms with Crippen molar-refractivity contribution in [2.75, 3.05) is 23.3 Å². The Labute approximate surface area is 183 Å². The molecule has 0 spiro atoms. The quantitative estimate of drug-likeness (QED) is 0.517. The Kier molecular flexibility index (Phi) is 5.62. The second-order valence-electron chi connectivity index (χ2n) is 7.91. The van der Waals surface area contributed by atoms with Gasteiger partial charge in [-0.1, -0.05) is 22.9 Å². The van der Waals surface area contributed by atoms with Gasteiger partial charge in [0.05, 0.1) is 10.3 Å². The summed E-state index contributed by atoms with van der Waals surface area (Å²) in [5.74, 6) is 2.39. The number of thiophene rings is 1. The van der Waals surface area contributed by atoms with Crippen molar-refractivity contribution in [1.82, 2.24) is 9.97 Å². The second-order valence-corrected chi connectivity index (χ2v) is 9.83. The molecule has 29 heavy (non-hydrogen) atoms. The number of carbonyl (C=O) groups excluding carboxylic acids is 1. The predicted octanol–water partition coefficient (Wildman–Crippen LogP) is 5.87. The lowest BCUT2D eigenvalue weighted by atomic mass is 9.99. The molecule has 4 rings (SSSR count). The van der Waals surface area contributed by atoms with Crippen LogP contribution in [0, 0.1) is 26.7 Å². The summed E-state index contributed by atoms with van der Waals surface area (Å²) in [7, 11) is 0. The minimum absolute atomic E-state index is 0.0909. The second kappa shape index (κ2) is 8.03. The lowest BCUT2D eigenvalue weighted by Crippen LogP contribution is -2.33. The normalized spacial score (nSPS) is 15.1.